The van der Waals surface area contributed by atoms with Gasteiger partial charge in [0, 0.05) is 16.2 Å². The van der Waals surface area contributed by atoms with E-state index < -0.39 is 0 Å². The molecule has 2 aromatic rings. The van der Waals surface area contributed by atoms with Crippen molar-refractivity contribution in [3.8, 4) is 5.75 Å². The Morgan fingerprint density at radius 3 is 2.48 bits per heavy atom. The molecule has 110 valence electrons. The first-order chi connectivity index (χ1) is 9.99. The summed E-state index contributed by atoms with van der Waals surface area (Å²) in [6, 6.07) is 10.8. The summed E-state index contributed by atoms with van der Waals surface area (Å²) in [4.78, 5) is 12.1. The Morgan fingerprint density at radius 2 is 1.86 bits per heavy atom. The van der Waals surface area contributed by atoms with Crippen LogP contribution in [-0.2, 0) is 11.2 Å². The van der Waals surface area contributed by atoms with Crippen molar-refractivity contribution in [1.82, 2.24) is 0 Å². The topological polar surface area (TPSA) is 64.3 Å². The van der Waals surface area contributed by atoms with Gasteiger partial charge in [0.2, 0.25) is 5.91 Å². The zero-order valence-electron chi connectivity index (χ0n) is 11.3. The van der Waals surface area contributed by atoms with Crippen LogP contribution in [0.15, 0.2) is 45.3 Å². The minimum Gasteiger partial charge on any atom is -0.495 e. The van der Waals surface area contributed by atoms with Gasteiger partial charge in [-0.05, 0) is 55.6 Å². The van der Waals surface area contributed by atoms with Crippen LogP contribution in [0.5, 0.6) is 5.75 Å². The molecule has 21 heavy (non-hydrogen) atoms. The second kappa shape index (κ2) is 6.95. The maximum atomic E-state index is 12.1. The molecule has 0 atom stereocenters. The fourth-order valence-corrected chi connectivity index (χ4v) is 3.05. The molecule has 0 aliphatic rings. The molecule has 1 amide bonds. The molecule has 0 heterocycles. The summed E-state index contributed by atoms with van der Waals surface area (Å²) < 4.78 is 6.81. The number of hydrogen-bond acceptors (Lipinski definition) is 3. The third kappa shape index (κ3) is 4.22. The number of amides is 1. The molecule has 2 rings (SSSR count). The fraction of sp³-hybridized carbons (Fsp3) is 0.133. The Hall–Kier alpha value is -1.53. The quantitative estimate of drug-likeness (QED) is 0.745. The van der Waals surface area contributed by atoms with Crippen molar-refractivity contribution >= 4 is 49.1 Å². The summed E-state index contributed by atoms with van der Waals surface area (Å²) in [5.74, 6) is 0.547. The van der Waals surface area contributed by atoms with Crippen LogP contribution in [0.4, 0.5) is 11.4 Å². The third-order valence-corrected chi connectivity index (χ3v) is 4.14. The molecule has 0 unspecified atom stereocenters. The number of nitrogens with one attached hydrogen (secondary N) is 1. The number of methoxy groups -OCH3 is 1. The van der Waals surface area contributed by atoms with Crippen molar-refractivity contribution in [1.29, 1.82) is 0 Å². The number of nitrogen functional groups attached to an aromatic ring is 1. The number of carbonyl (C=O) groups excluding carboxylic acids is 1. The number of anilines is 2. The molecule has 0 aliphatic carbocycles. The van der Waals surface area contributed by atoms with Crippen molar-refractivity contribution in [3.63, 3.8) is 0 Å². The van der Waals surface area contributed by atoms with E-state index in [9.17, 15) is 4.79 Å². The minimum absolute atomic E-state index is 0.107. The highest BCUT2D eigenvalue weighted by Gasteiger charge is 2.10. The summed E-state index contributed by atoms with van der Waals surface area (Å²) in [6.45, 7) is 0. The molecule has 0 aliphatic heterocycles. The Balaban J connectivity index is 2.10. The molecular weight excluding hydrogens is 400 g/mol. The van der Waals surface area contributed by atoms with Gasteiger partial charge in [0.25, 0.3) is 0 Å². The van der Waals surface area contributed by atoms with Crippen LogP contribution in [0.2, 0.25) is 0 Å². The minimum atomic E-state index is -0.107. The number of rotatable bonds is 4. The van der Waals surface area contributed by atoms with Gasteiger partial charge in [-0.2, -0.15) is 0 Å². The highest BCUT2D eigenvalue weighted by atomic mass is 79.9. The lowest BCUT2D eigenvalue weighted by Gasteiger charge is -2.11. The summed E-state index contributed by atoms with van der Waals surface area (Å²) in [7, 11) is 1.58. The van der Waals surface area contributed by atoms with Gasteiger partial charge in [0.15, 0.2) is 0 Å². The zero-order chi connectivity index (χ0) is 15.4. The number of nitrogens with two attached hydrogens (primary N) is 1. The van der Waals surface area contributed by atoms with Crippen molar-refractivity contribution in [2.75, 3.05) is 18.2 Å². The van der Waals surface area contributed by atoms with Gasteiger partial charge in [-0.1, -0.05) is 12.1 Å². The largest absolute Gasteiger partial charge is 0.495 e. The number of hydrogen-bond donors (Lipinski definition) is 2. The maximum Gasteiger partial charge on any atom is 0.228 e. The predicted octanol–water partition coefficient (Wildman–Crippen LogP) is 3.98. The molecule has 2 aromatic carbocycles. The lowest BCUT2D eigenvalue weighted by molar-refractivity contribution is -0.115. The van der Waals surface area contributed by atoms with E-state index in [1.54, 1.807) is 25.3 Å². The van der Waals surface area contributed by atoms with Crippen LogP contribution in [0.3, 0.4) is 0 Å². The normalized spacial score (nSPS) is 10.2. The first kappa shape index (κ1) is 15.9. The van der Waals surface area contributed by atoms with Crippen molar-refractivity contribution in [3.05, 3.63) is 50.9 Å². The van der Waals surface area contributed by atoms with Crippen molar-refractivity contribution in [2.24, 2.45) is 0 Å². The molecule has 0 aromatic heterocycles. The van der Waals surface area contributed by atoms with Gasteiger partial charge in [-0.3, -0.25) is 4.79 Å². The zero-order valence-corrected chi connectivity index (χ0v) is 14.5. The average Bonchev–Trinajstić information content (AvgIpc) is 2.44. The van der Waals surface area contributed by atoms with E-state index in [-0.39, 0.29) is 12.3 Å². The molecule has 0 bridgehead atoms. The molecule has 0 saturated carbocycles. The molecule has 3 N–H and O–H groups in total. The van der Waals surface area contributed by atoms with Gasteiger partial charge in [-0.15, -0.1) is 0 Å². The van der Waals surface area contributed by atoms with Gasteiger partial charge in [0.05, 0.1) is 23.7 Å². The number of ether oxygens (including phenoxy) is 1. The highest BCUT2D eigenvalue weighted by Crippen LogP contribution is 2.34. The maximum absolute atomic E-state index is 12.1. The second-order valence-electron chi connectivity index (χ2n) is 4.43. The third-order valence-electron chi connectivity index (χ3n) is 2.86. The van der Waals surface area contributed by atoms with Crippen LogP contribution in [0.25, 0.3) is 0 Å². The lowest BCUT2D eigenvalue weighted by Crippen LogP contribution is -2.14. The van der Waals surface area contributed by atoms with E-state index in [0.29, 0.717) is 17.1 Å². The smallest absolute Gasteiger partial charge is 0.228 e. The van der Waals surface area contributed by atoms with Gasteiger partial charge >= 0.3 is 0 Å². The number of carbonyl (C=O) groups is 1. The number of halogens is 2. The van der Waals surface area contributed by atoms with Crippen molar-refractivity contribution in [2.45, 2.75) is 6.42 Å². The standard InChI is InChI=1S/C15H14Br2N2O2/c1-21-14-8-13(11(16)7-12(14)17)19-15(20)6-9-2-4-10(18)5-3-9/h2-5,7-8H,6,18H2,1H3,(H,19,20). The van der Waals surface area contributed by atoms with Crippen LogP contribution in [0, 0.1) is 0 Å². The van der Waals surface area contributed by atoms with Gasteiger partial charge < -0.3 is 15.8 Å². The highest BCUT2D eigenvalue weighted by molar-refractivity contribution is 9.11. The van der Waals surface area contributed by atoms with Gasteiger partial charge in [0.1, 0.15) is 5.75 Å². The Morgan fingerprint density at radius 1 is 1.19 bits per heavy atom. The van der Waals surface area contributed by atoms with E-state index >= 15 is 0 Å². The summed E-state index contributed by atoms with van der Waals surface area (Å²) in [6.07, 6.45) is 0.283. The van der Waals surface area contributed by atoms with E-state index in [0.717, 1.165) is 14.5 Å². The van der Waals surface area contributed by atoms with E-state index in [2.05, 4.69) is 37.2 Å². The molecular formula is C15H14Br2N2O2. The van der Waals surface area contributed by atoms with E-state index in [1.165, 1.54) is 0 Å². The summed E-state index contributed by atoms with van der Waals surface area (Å²) in [5.41, 5.74) is 7.87. The van der Waals surface area contributed by atoms with Crippen LogP contribution in [-0.4, -0.2) is 13.0 Å². The Bertz CT molecular complexity index is 657. The predicted molar refractivity (Wildman–Crippen MR) is 91.6 cm³/mol. The monoisotopic (exact) mass is 412 g/mol. The van der Waals surface area contributed by atoms with Gasteiger partial charge in [-0.25, -0.2) is 0 Å². The van der Waals surface area contributed by atoms with Crippen LogP contribution < -0.4 is 15.8 Å². The molecule has 0 fully saturated rings. The van der Waals surface area contributed by atoms with Crippen molar-refractivity contribution < 1.29 is 9.53 Å². The second-order valence-corrected chi connectivity index (χ2v) is 6.14. The van der Waals surface area contributed by atoms with Crippen LogP contribution >= 0.6 is 31.9 Å². The molecule has 6 heteroatoms. The fourth-order valence-electron chi connectivity index (χ4n) is 1.80. The number of benzene rings is 2. The molecule has 0 spiro atoms. The van der Waals surface area contributed by atoms with E-state index in [4.69, 9.17) is 10.5 Å². The first-order valence-corrected chi connectivity index (χ1v) is 7.75. The van der Waals surface area contributed by atoms with Crippen LogP contribution in [0.1, 0.15) is 5.56 Å². The molecule has 0 radical (unpaired) electrons. The summed E-state index contributed by atoms with van der Waals surface area (Å²) >= 11 is 6.81. The average molecular weight is 414 g/mol. The Labute approximate surface area is 139 Å². The lowest BCUT2D eigenvalue weighted by atomic mass is 10.1. The molecule has 4 nitrogen and oxygen atoms in total. The molecule has 0 saturated heterocycles. The Kier molecular flexibility index (Phi) is 5.25. The first-order valence-electron chi connectivity index (χ1n) is 6.17. The summed E-state index contributed by atoms with van der Waals surface area (Å²) in [5, 5.41) is 2.86. The van der Waals surface area contributed by atoms with E-state index in [1.807, 2.05) is 18.2 Å². The SMILES string of the molecule is COc1cc(NC(=O)Cc2ccc(N)cc2)c(Br)cc1Br.